The molecule has 0 bridgehead atoms. The monoisotopic (exact) mass is 210 g/mol. The highest BCUT2D eigenvalue weighted by Gasteiger charge is 2.37. The first-order valence-electron chi connectivity index (χ1n) is 4.35. The molecule has 0 N–H and O–H groups in total. The number of hydrogen-bond acceptors (Lipinski definition) is 3. The summed E-state index contributed by atoms with van der Waals surface area (Å²) in [5.41, 5.74) is 1.30. The number of benzene rings is 1. The maximum absolute atomic E-state index is 11.8. The van der Waals surface area contributed by atoms with E-state index in [1.54, 1.807) is 31.5 Å². The molecule has 74 valence electrons. The Morgan fingerprint density at radius 3 is 2.57 bits per heavy atom. The summed E-state index contributed by atoms with van der Waals surface area (Å²) in [6.07, 6.45) is 0. The van der Waals surface area contributed by atoms with Gasteiger partial charge < -0.3 is 9.30 Å². The zero-order valence-corrected chi connectivity index (χ0v) is 8.95. The fourth-order valence-electron chi connectivity index (χ4n) is 1.59. The molecule has 2 rings (SSSR count). The van der Waals surface area contributed by atoms with E-state index >= 15 is 0 Å². The molecule has 4 heteroatoms. The third-order valence-electron chi connectivity index (χ3n) is 2.23. The predicted molar refractivity (Wildman–Crippen MR) is 54.1 cm³/mol. The highest BCUT2D eigenvalue weighted by molar-refractivity contribution is 7.62. The van der Waals surface area contributed by atoms with Crippen LogP contribution in [0.3, 0.4) is 0 Å². The van der Waals surface area contributed by atoms with Crippen LogP contribution in [0.2, 0.25) is 0 Å². The van der Waals surface area contributed by atoms with Crippen molar-refractivity contribution in [1.29, 1.82) is 0 Å². The Labute approximate surface area is 82.5 Å². The Balaban J connectivity index is 2.55. The van der Waals surface area contributed by atoms with Crippen molar-refractivity contribution in [3.05, 3.63) is 35.4 Å². The molecule has 0 radical (unpaired) electrons. The second kappa shape index (κ2) is 2.96. The van der Waals surface area contributed by atoms with Crippen LogP contribution in [0.4, 0.5) is 0 Å². The van der Waals surface area contributed by atoms with Gasteiger partial charge in [0.1, 0.15) is 7.14 Å². The number of ether oxygens (including phenoxy) is 1. The van der Waals surface area contributed by atoms with E-state index in [0.29, 0.717) is 5.56 Å². The molecular weight excluding hydrogens is 199 g/mol. The van der Waals surface area contributed by atoms with E-state index in [-0.39, 0.29) is 5.97 Å². The standard InChI is InChI=1S/C10H11O3P/c1-14(2,12)10-8-6-4-3-5-7(8)9(11)13-10/h3-6,10H,1-2H3. The highest BCUT2D eigenvalue weighted by Crippen LogP contribution is 2.56. The van der Waals surface area contributed by atoms with Crippen LogP contribution in [0.25, 0.3) is 0 Å². The summed E-state index contributed by atoms with van der Waals surface area (Å²) in [7, 11) is -2.43. The Morgan fingerprint density at radius 1 is 1.29 bits per heavy atom. The molecule has 0 saturated carbocycles. The van der Waals surface area contributed by atoms with Gasteiger partial charge in [0.2, 0.25) is 0 Å². The first-order valence-corrected chi connectivity index (χ1v) is 7.02. The zero-order chi connectivity index (χ0) is 10.3. The van der Waals surface area contributed by atoms with Crippen molar-refractivity contribution in [2.24, 2.45) is 0 Å². The number of hydrogen-bond donors (Lipinski definition) is 0. The van der Waals surface area contributed by atoms with Crippen molar-refractivity contribution in [1.82, 2.24) is 0 Å². The molecule has 1 aliphatic heterocycles. The quantitative estimate of drug-likeness (QED) is 0.528. The van der Waals surface area contributed by atoms with Crippen molar-refractivity contribution in [3.8, 4) is 0 Å². The van der Waals surface area contributed by atoms with Crippen LogP contribution < -0.4 is 0 Å². The Hall–Kier alpha value is -1.08. The van der Waals surface area contributed by atoms with Crippen LogP contribution in [0.15, 0.2) is 24.3 Å². The first-order chi connectivity index (χ1) is 6.50. The zero-order valence-electron chi connectivity index (χ0n) is 8.06. The normalized spacial score (nSPS) is 20.4. The fraction of sp³-hybridized carbons (Fsp3) is 0.300. The Bertz CT molecular complexity index is 433. The average Bonchev–Trinajstić information content (AvgIpc) is 2.44. The summed E-state index contributed by atoms with van der Waals surface area (Å²) in [5, 5.41) is 0. The topological polar surface area (TPSA) is 43.4 Å². The SMILES string of the molecule is CP(C)(=O)C1OC(=O)c2ccccc21. The second-order valence-corrected chi connectivity index (χ2v) is 7.12. The van der Waals surface area contributed by atoms with Gasteiger partial charge in [0.25, 0.3) is 0 Å². The minimum atomic E-state index is -2.43. The van der Waals surface area contributed by atoms with E-state index in [2.05, 4.69) is 0 Å². The van der Waals surface area contributed by atoms with Gasteiger partial charge >= 0.3 is 5.97 Å². The molecule has 14 heavy (non-hydrogen) atoms. The largest absolute Gasteiger partial charge is 0.446 e. The van der Waals surface area contributed by atoms with Gasteiger partial charge in [-0.15, -0.1) is 0 Å². The molecule has 0 saturated heterocycles. The smallest absolute Gasteiger partial charge is 0.339 e. The number of rotatable bonds is 1. The van der Waals surface area contributed by atoms with Crippen LogP contribution in [-0.4, -0.2) is 19.3 Å². The number of cyclic esters (lactones) is 1. The van der Waals surface area contributed by atoms with Crippen LogP contribution in [0, 0.1) is 0 Å². The number of esters is 1. The summed E-state index contributed by atoms with van der Waals surface area (Å²) < 4.78 is 16.9. The van der Waals surface area contributed by atoms with Gasteiger partial charge in [-0.05, 0) is 19.4 Å². The average molecular weight is 210 g/mol. The second-order valence-electron chi connectivity index (χ2n) is 3.78. The highest BCUT2D eigenvalue weighted by atomic mass is 31.2. The molecule has 1 unspecified atom stereocenters. The molecule has 3 nitrogen and oxygen atoms in total. The van der Waals surface area contributed by atoms with E-state index in [0.717, 1.165) is 5.56 Å². The lowest BCUT2D eigenvalue weighted by atomic mass is 10.1. The molecule has 1 heterocycles. The lowest BCUT2D eigenvalue weighted by molar-refractivity contribution is 0.0507. The van der Waals surface area contributed by atoms with Gasteiger partial charge in [-0.25, -0.2) is 4.79 Å². The Kier molecular flexibility index (Phi) is 2.00. The molecule has 0 amide bonds. The number of fused-ring (bicyclic) bond motifs is 1. The fourth-order valence-corrected chi connectivity index (χ4v) is 2.83. The third-order valence-corrected chi connectivity index (χ3v) is 3.74. The summed E-state index contributed by atoms with van der Waals surface area (Å²) in [4.78, 5) is 11.4. The summed E-state index contributed by atoms with van der Waals surface area (Å²) in [6, 6.07) is 7.10. The maximum atomic E-state index is 11.8. The van der Waals surface area contributed by atoms with Crippen molar-refractivity contribution in [2.45, 2.75) is 5.85 Å². The van der Waals surface area contributed by atoms with Gasteiger partial charge in [0.05, 0.1) is 5.56 Å². The summed E-state index contributed by atoms with van der Waals surface area (Å²) in [5.74, 6) is -0.916. The number of carbonyl (C=O) groups is 1. The number of carbonyl (C=O) groups excluding carboxylic acids is 1. The van der Waals surface area contributed by atoms with Gasteiger partial charge in [0.15, 0.2) is 5.85 Å². The van der Waals surface area contributed by atoms with E-state index < -0.39 is 13.0 Å². The molecular formula is C10H11O3P. The third kappa shape index (κ3) is 1.38. The van der Waals surface area contributed by atoms with Crippen molar-refractivity contribution in [3.63, 3.8) is 0 Å². The van der Waals surface area contributed by atoms with Crippen molar-refractivity contribution >= 4 is 13.1 Å². The van der Waals surface area contributed by atoms with Crippen LogP contribution in [0.1, 0.15) is 21.8 Å². The Morgan fingerprint density at radius 2 is 1.93 bits per heavy atom. The van der Waals surface area contributed by atoms with Gasteiger partial charge in [-0.3, -0.25) is 0 Å². The van der Waals surface area contributed by atoms with Crippen molar-refractivity contribution < 1.29 is 14.1 Å². The molecule has 0 fully saturated rings. The minimum Gasteiger partial charge on any atom is -0.446 e. The van der Waals surface area contributed by atoms with E-state index in [1.165, 1.54) is 0 Å². The van der Waals surface area contributed by atoms with Gasteiger partial charge in [-0.2, -0.15) is 0 Å². The minimum absolute atomic E-state index is 0.366. The van der Waals surface area contributed by atoms with Gasteiger partial charge in [0, 0.05) is 5.56 Å². The molecule has 0 aromatic heterocycles. The van der Waals surface area contributed by atoms with E-state index in [4.69, 9.17) is 4.74 Å². The lowest BCUT2D eigenvalue weighted by Crippen LogP contribution is -1.98. The molecule has 1 aromatic carbocycles. The van der Waals surface area contributed by atoms with Crippen molar-refractivity contribution in [2.75, 3.05) is 13.3 Å². The summed E-state index contributed by atoms with van der Waals surface area (Å²) >= 11 is 0. The van der Waals surface area contributed by atoms with E-state index in [9.17, 15) is 9.36 Å². The van der Waals surface area contributed by atoms with Gasteiger partial charge in [-0.1, -0.05) is 18.2 Å². The molecule has 1 aromatic rings. The van der Waals surface area contributed by atoms with Crippen LogP contribution >= 0.6 is 7.14 Å². The maximum Gasteiger partial charge on any atom is 0.339 e. The first kappa shape index (κ1) is 9.47. The molecule has 1 aliphatic rings. The van der Waals surface area contributed by atoms with Crippen LogP contribution in [0.5, 0.6) is 0 Å². The summed E-state index contributed by atoms with van der Waals surface area (Å²) in [6.45, 7) is 3.26. The van der Waals surface area contributed by atoms with Crippen LogP contribution in [-0.2, 0) is 9.30 Å². The molecule has 0 aliphatic carbocycles. The predicted octanol–water partition coefficient (Wildman–Crippen LogP) is 2.48. The molecule has 0 spiro atoms. The lowest BCUT2D eigenvalue weighted by Gasteiger charge is -2.14. The molecule has 1 atom stereocenters. The van der Waals surface area contributed by atoms with E-state index in [1.807, 2.05) is 6.07 Å².